The molecule has 2 aliphatic rings. The van der Waals surface area contributed by atoms with E-state index >= 15 is 0 Å². The molecule has 1 aliphatic carbocycles. The number of allylic oxidation sites excluding steroid dienone is 2. The molecule has 0 bridgehead atoms. The molecule has 1 aromatic carbocycles. The van der Waals surface area contributed by atoms with Gasteiger partial charge >= 0.3 is 5.97 Å². The first-order valence-corrected chi connectivity index (χ1v) is 10.6. The molecule has 0 amide bonds. The van der Waals surface area contributed by atoms with Crippen molar-refractivity contribution in [3.05, 3.63) is 53.4 Å². The molecule has 156 valence electrons. The molecule has 1 N–H and O–H groups in total. The highest BCUT2D eigenvalue weighted by Gasteiger charge is 2.44. The molecule has 5 heteroatoms. The Labute approximate surface area is 173 Å². The molecule has 0 radical (unpaired) electrons. The third kappa shape index (κ3) is 4.24. The van der Waals surface area contributed by atoms with E-state index in [1.165, 1.54) is 0 Å². The number of nitrogens with one attached hydrogen (secondary N) is 1. The maximum Gasteiger partial charge on any atom is 0.316 e. The lowest BCUT2D eigenvalue weighted by Gasteiger charge is -2.38. The van der Waals surface area contributed by atoms with Crippen LogP contribution in [0.15, 0.2) is 47.8 Å². The van der Waals surface area contributed by atoms with Crippen LogP contribution in [0, 0.1) is 5.92 Å². The Morgan fingerprint density at radius 2 is 1.86 bits per heavy atom. The number of anilines is 1. The monoisotopic (exact) mass is 396 g/mol. The minimum atomic E-state index is -0.613. The maximum atomic E-state index is 13.0. The van der Waals surface area contributed by atoms with Crippen molar-refractivity contribution in [3.63, 3.8) is 0 Å². The lowest BCUT2D eigenvalue weighted by atomic mass is 9.71. The van der Waals surface area contributed by atoms with Gasteiger partial charge < -0.3 is 15.0 Å². The topological polar surface area (TPSA) is 58.6 Å². The van der Waals surface area contributed by atoms with Crippen molar-refractivity contribution >= 4 is 17.4 Å². The molecule has 0 fully saturated rings. The normalized spacial score (nSPS) is 21.7. The molecule has 1 aromatic rings. The van der Waals surface area contributed by atoms with Gasteiger partial charge in [0.05, 0.1) is 6.10 Å². The number of carbonyl (C=O) groups is 2. The number of ether oxygens (including phenoxy) is 1. The highest BCUT2D eigenvalue weighted by Crippen LogP contribution is 2.44. The number of esters is 1. The fourth-order valence-electron chi connectivity index (χ4n) is 4.42. The van der Waals surface area contributed by atoms with E-state index in [9.17, 15) is 9.59 Å². The van der Waals surface area contributed by atoms with Gasteiger partial charge in [0.2, 0.25) is 0 Å². The summed E-state index contributed by atoms with van der Waals surface area (Å²) in [7, 11) is 0. The second-order valence-electron chi connectivity index (χ2n) is 8.02. The molecule has 2 atom stereocenters. The second kappa shape index (κ2) is 8.85. The zero-order valence-electron chi connectivity index (χ0n) is 18.0. The van der Waals surface area contributed by atoms with Gasteiger partial charge in [-0.05, 0) is 58.2 Å². The average Bonchev–Trinajstić information content (AvgIpc) is 2.68. The largest absolute Gasteiger partial charge is 0.462 e. The molecule has 5 nitrogen and oxygen atoms in total. The summed E-state index contributed by atoms with van der Waals surface area (Å²) in [6.45, 7) is 13.9. The van der Waals surface area contributed by atoms with Crippen LogP contribution in [-0.4, -0.2) is 30.9 Å². The molecule has 3 rings (SSSR count). The van der Waals surface area contributed by atoms with Gasteiger partial charge in [0.25, 0.3) is 0 Å². The van der Waals surface area contributed by atoms with Crippen molar-refractivity contribution in [3.8, 4) is 0 Å². The maximum absolute atomic E-state index is 13.0. The highest BCUT2D eigenvalue weighted by molar-refractivity contribution is 6.00. The summed E-state index contributed by atoms with van der Waals surface area (Å²) in [5.74, 6) is -1.19. The minimum absolute atomic E-state index is 0.117. The summed E-state index contributed by atoms with van der Waals surface area (Å²) >= 11 is 0. The smallest absolute Gasteiger partial charge is 0.316 e. The van der Waals surface area contributed by atoms with Crippen LogP contribution in [0.4, 0.5) is 5.69 Å². The van der Waals surface area contributed by atoms with Crippen LogP contribution in [0.5, 0.6) is 0 Å². The van der Waals surface area contributed by atoms with Crippen LogP contribution >= 0.6 is 0 Å². The first kappa shape index (κ1) is 21.2. The van der Waals surface area contributed by atoms with Gasteiger partial charge in [0.1, 0.15) is 5.92 Å². The number of carbonyl (C=O) groups excluding carboxylic acids is 2. The summed E-state index contributed by atoms with van der Waals surface area (Å²) < 4.78 is 5.54. The zero-order chi connectivity index (χ0) is 21.1. The van der Waals surface area contributed by atoms with Gasteiger partial charge in [-0.15, -0.1) is 0 Å². The van der Waals surface area contributed by atoms with Crippen LogP contribution in [0.2, 0.25) is 0 Å². The Morgan fingerprint density at radius 1 is 1.21 bits per heavy atom. The van der Waals surface area contributed by atoms with E-state index in [2.05, 4.69) is 42.8 Å². The predicted molar refractivity (Wildman–Crippen MR) is 116 cm³/mol. The molecule has 2 unspecified atom stereocenters. The molecule has 29 heavy (non-hydrogen) atoms. The van der Waals surface area contributed by atoms with E-state index in [0.29, 0.717) is 12.1 Å². The number of nitrogens with zero attached hydrogens (tertiary/aromatic N) is 1. The van der Waals surface area contributed by atoms with Crippen molar-refractivity contribution < 1.29 is 14.3 Å². The lowest BCUT2D eigenvalue weighted by molar-refractivity contribution is -0.151. The summed E-state index contributed by atoms with van der Waals surface area (Å²) in [5, 5.41) is 3.26. The van der Waals surface area contributed by atoms with Gasteiger partial charge in [-0.2, -0.15) is 0 Å². The van der Waals surface area contributed by atoms with Crippen molar-refractivity contribution in [1.82, 2.24) is 5.32 Å². The number of ketones is 1. The number of Topliss-reactive ketones (excluding diaryl/α,β-unsaturated/α-hetero) is 1. The summed E-state index contributed by atoms with van der Waals surface area (Å²) in [6, 6.07) is 8.23. The second-order valence-corrected chi connectivity index (χ2v) is 8.02. The van der Waals surface area contributed by atoms with Crippen LogP contribution in [0.25, 0.3) is 0 Å². The van der Waals surface area contributed by atoms with Crippen molar-refractivity contribution in [2.24, 2.45) is 5.92 Å². The highest BCUT2D eigenvalue weighted by atomic mass is 16.5. The predicted octanol–water partition coefficient (Wildman–Crippen LogP) is 4.31. The molecule has 0 saturated carbocycles. The van der Waals surface area contributed by atoms with E-state index in [-0.39, 0.29) is 23.8 Å². The van der Waals surface area contributed by atoms with Crippen LogP contribution in [0.3, 0.4) is 0 Å². The fraction of sp³-hybridized carbons (Fsp3) is 0.500. The number of hydrogen-bond acceptors (Lipinski definition) is 5. The van der Waals surface area contributed by atoms with E-state index < -0.39 is 5.92 Å². The average molecular weight is 397 g/mol. The lowest BCUT2D eigenvalue weighted by Crippen LogP contribution is -2.41. The first-order chi connectivity index (χ1) is 13.9. The molecular formula is C24H32N2O3. The Bertz CT molecular complexity index is 819. The number of benzene rings is 1. The van der Waals surface area contributed by atoms with Gasteiger partial charge in [-0.1, -0.05) is 18.7 Å². The number of rotatable bonds is 6. The first-order valence-electron chi connectivity index (χ1n) is 10.6. The summed E-state index contributed by atoms with van der Waals surface area (Å²) in [4.78, 5) is 28.1. The minimum Gasteiger partial charge on any atom is -0.462 e. The van der Waals surface area contributed by atoms with E-state index in [4.69, 9.17) is 4.74 Å². The van der Waals surface area contributed by atoms with Crippen molar-refractivity contribution in [2.45, 2.75) is 59.0 Å². The SMILES string of the molecule is C=C1NC2=C(C(=O)CCC2)C(c2ccc(N(CC)CC)cc2)C1C(=O)OC(C)C. The van der Waals surface area contributed by atoms with E-state index in [1.54, 1.807) is 0 Å². The van der Waals surface area contributed by atoms with Gasteiger partial charge in [0.15, 0.2) is 5.78 Å². The van der Waals surface area contributed by atoms with Crippen molar-refractivity contribution in [1.29, 1.82) is 0 Å². The third-order valence-corrected chi connectivity index (χ3v) is 5.77. The standard InChI is InChI=1S/C24H32N2O3/c1-6-26(7-2)18-13-11-17(12-14-18)22-21(24(28)29-15(3)4)16(5)25-19-9-8-10-20(27)23(19)22/h11-15,21-22,25H,5-10H2,1-4H3. The molecule has 0 aromatic heterocycles. The van der Waals surface area contributed by atoms with E-state index in [1.807, 2.05) is 26.0 Å². The Kier molecular flexibility index (Phi) is 6.46. The molecule has 1 aliphatic heterocycles. The summed E-state index contributed by atoms with van der Waals surface area (Å²) in [5.41, 5.74) is 4.35. The van der Waals surface area contributed by atoms with Gasteiger partial charge in [0, 0.05) is 48.1 Å². The Morgan fingerprint density at radius 3 is 2.45 bits per heavy atom. The van der Waals surface area contributed by atoms with Crippen LogP contribution in [0.1, 0.15) is 58.4 Å². The molecule has 0 saturated heterocycles. The van der Waals surface area contributed by atoms with Crippen molar-refractivity contribution in [2.75, 3.05) is 18.0 Å². The molecule has 0 spiro atoms. The Balaban J connectivity index is 2.06. The fourth-order valence-corrected chi connectivity index (χ4v) is 4.42. The molecular weight excluding hydrogens is 364 g/mol. The number of hydrogen-bond donors (Lipinski definition) is 1. The van der Waals surface area contributed by atoms with Crippen LogP contribution < -0.4 is 10.2 Å². The van der Waals surface area contributed by atoms with E-state index in [0.717, 1.165) is 48.5 Å². The van der Waals surface area contributed by atoms with Gasteiger partial charge in [-0.3, -0.25) is 9.59 Å². The van der Waals surface area contributed by atoms with Crippen LogP contribution in [-0.2, 0) is 14.3 Å². The Hall–Kier alpha value is -2.56. The van der Waals surface area contributed by atoms with Gasteiger partial charge in [-0.25, -0.2) is 0 Å². The quantitative estimate of drug-likeness (QED) is 0.726. The summed E-state index contributed by atoms with van der Waals surface area (Å²) in [6.07, 6.45) is 1.93. The zero-order valence-corrected chi connectivity index (χ0v) is 18.0. The molecule has 1 heterocycles. The third-order valence-electron chi connectivity index (χ3n) is 5.77.